The number of aromatic hydroxyl groups is 4. The van der Waals surface area contributed by atoms with Crippen molar-refractivity contribution >= 4 is 5.78 Å². The third kappa shape index (κ3) is 1.35. The van der Waals surface area contributed by atoms with E-state index in [0.717, 1.165) is 13.0 Å². The van der Waals surface area contributed by atoms with Crippen LogP contribution in [0.3, 0.4) is 0 Å². The van der Waals surface area contributed by atoms with Crippen LogP contribution in [0.2, 0.25) is 0 Å². The minimum Gasteiger partial charge on any atom is -0.507 e. The van der Waals surface area contributed by atoms with Crippen molar-refractivity contribution in [2.75, 3.05) is 0 Å². The van der Waals surface area contributed by atoms with Gasteiger partial charge in [-0.25, -0.2) is 0 Å². The molecule has 0 aliphatic carbocycles. The second-order valence-corrected chi connectivity index (χ2v) is 2.54. The number of phenols is 4. The molecule has 0 fully saturated rings. The van der Waals surface area contributed by atoms with E-state index in [-0.39, 0.29) is 0 Å². The third-order valence-corrected chi connectivity index (χ3v) is 1.59. The first-order chi connectivity index (χ1) is 5.95. The van der Waals surface area contributed by atoms with E-state index in [4.69, 9.17) is 20.4 Å². The summed E-state index contributed by atoms with van der Waals surface area (Å²) < 4.78 is 0. The first-order valence-corrected chi connectivity index (χ1v) is 3.43. The molecule has 1 aromatic carbocycles. The Hall–Kier alpha value is -1.91. The largest absolute Gasteiger partial charge is 0.507 e. The van der Waals surface area contributed by atoms with Crippen molar-refractivity contribution in [2.45, 2.75) is 6.92 Å². The Bertz CT molecular complexity index is 369. The first-order valence-electron chi connectivity index (χ1n) is 3.43. The summed E-state index contributed by atoms with van der Waals surface area (Å²) in [5.74, 6) is -3.49. The second-order valence-electron chi connectivity index (χ2n) is 2.54. The molecule has 0 atom stereocenters. The maximum Gasteiger partial charge on any atom is 0.201 e. The van der Waals surface area contributed by atoms with E-state index >= 15 is 0 Å². The number of carbonyl (C=O) groups excluding carboxylic acids is 1. The van der Waals surface area contributed by atoms with Crippen LogP contribution in [-0.4, -0.2) is 26.2 Å². The first kappa shape index (κ1) is 9.18. The molecule has 0 spiro atoms. The summed E-state index contributed by atoms with van der Waals surface area (Å²) in [4.78, 5) is 10.8. The lowest BCUT2D eigenvalue weighted by Gasteiger charge is -2.06. The van der Waals surface area contributed by atoms with Gasteiger partial charge in [0.2, 0.25) is 5.75 Å². The predicted molar refractivity (Wildman–Crippen MR) is 43.1 cm³/mol. The summed E-state index contributed by atoms with van der Waals surface area (Å²) in [6, 6.07) is 0.784. The van der Waals surface area contributed by atoms with Crippen molar-refractivity contribution in [3.05, 3.63) is 11.6 Å². The molecule has 5 heteroatoms. The van der Waals surface area contributed by atoms with Crippen molar-refractivity contribution in [3.63, 3.8) is 0 Å². The molecule has 0 amide bonds. The van der Waals surface area contributed by atoms with Gasteiger partial charge in [-0.05, 0) is 6.92 Å². The molecule has 4 N–H and O–H groups in total. The van der Waals surface area contributed by atoms with E-state index in [9.17, 15) is 4.79 Å². The Balaban J connectivity index is 3.53. The van der Waals surface area contributed by atoms with Crippen LogP contribution >= 0.6 is 0 Å². The highest BCUT2D eigenvalue weighted by molar-refractivity contribution is 6.00. The van der Waals surface area contributed by atoms with Crippen molar-refractivity contribution in [1.29, 1.82) is 0 Å². The van der Waals surface area contributed by atoms with Gasteiger partial charge < -0.3 is 20.4 Å². The number of phenolic OH excluding ortho intramolecular Hbond substituents is 4. The minimum atomic E-state index is -0.817. The molecular formula is C8H8O5. The van der Waals surface area contributed by atoms with E-state index in [1.54, 1.807) is 0 Å². The van der Waals surface area contributed by atoms with Gasteiger partial charge in [-0.3, -0.25) is 4.79 Å². The Morgan fingerprint density at radius 1 is 1.08 bits per heavy atom. The molecule has 0 saturated carbocycles. The number of benzene rings is 1. The zero-order valence-corrected chi connectivity index (χ0v) is 6.77. The molecule has 0 aliphatic rings. The summed E-state index contributed by atoms with van der Waals surface area (Å²) in [7, 11) is 0. The van der Waals surface area contributed by atoms with E-state index in [1.807, 2.05) is 0 Å². The SMILES string of the molecule is CC(=O)c1c(O)cc(O)c(O)c1O. The highest BCUT2D eigenvalue weighted by Gasteiger charge is 2.19. The van der Waals surface area contributed by atoms with Gasteiger partial charge in [-0.2, -0.15) is 0 Å². The summed E-state index contributed by atoms with van der Waals surface area (Å²) >= 11 is 0. The molecule has 5 nitrogen and oxygen atoms in total. The maximum atomic E-state index is 10.8. The molecule has 1 rings (SSSR count). The van der Waals surface area contributed by atoms with Gasteiger partial charge in [0.25, 0.3) is 0 Å². The van der Waals surface area contributed by atoms with Crippen molar-refractivity contribution in [3.8, 4) is 23.0 Å². The standard InChI is InChI=1S/C8H8O5/c1-3(9)6-4(10)2-5(11)7(12)8(6)13/h2,10-13H,1H3. The van der Waals surface area contributed by atoms with Crippen LogP contribution in [0.1, 0.15) is 17.3 Å². The Labute approximate surface area is 73.5 Å². The quantitative estimate of drug-likeness (QED) is 0.293. The van der Waals surface area contributed by atoms with Gasteiger partial charge in [0.15, 0.2) is 17.3 Å². The van der Waals surface area contributed by atoms with Crippen LogP contribution in [0, 0.1) is 0 Å². The average molecular weight is 184 g/mol. The van der Waals surface area contributed by atoms with Crippen molar-refractivity contribution in [1.82, 2.24) is 0 Å². The predicted octanol–water partition coefficient (Wildman–Crippen LogP) is 0.712. The molecule has 1 aromatic rings. The van der Waals surface area contributed by atoms with Gasteiger partial charge in [0, 0.05) is 6.07 Å². The number of carbonyl (C=O) groups is 1. The van der Waals surface area contributed by atoms with E-state index in [2.05, 4.69) is 0 Å². The lowest BCUT2D eigenvalue weighted by atomic mass is 10.1. The van der Waals surface area contributed by atoms with Crippen LogP contribution < -0.4 is 0 Å². The molecule has 0 bridgehead atoms. The number of hydrogen-bond donors (Lipinski definition) is 4. The monoisotopic (exact) mass is 184 g/mol. The molecule has 70 valence electrons. The normalized spacial score (nSPS) is 9.92. The lowest BCUT2D eigenvalue weighted by molar-refractivity contribution is 0.101. The molecule has 0 unspecified atom stereocenters. The number of rotatable bonds is 1. The van der Waals surface area contributed by atoms with E-state index < -0.39 is 34.3 Å². The van der Waals surface area contributed by atoms with Gasteiger partial charge in [0.05, 0.1) is 0 Å². The van der Waals surface area contributed by atoms with Crippen LogP contribution in [0.15, 0.2) is 6.07 Å². The number of Topliss-reactive ketones (excluding diaryl/α,β-unsaturated/α-hetero) is 1. The fourth-order valence-electron chi connectivity index (χ4n) is 0.978. The topological polar surface area (TPSA) is 98.0 Å². The van der Waals surface area contributed by atoms with Crippen LogP contribution in [0.5, 0.6) is 23.0 Å². The van der Waals surface area contributed by atoms with Crippen molar-refractivity contribution < 1.29 is 25.2 Å². The summed E-state index contributed by atoms with van der Waals surface area (Å²) in [5.41, 5.74) is -0.407. The van der Waals surface area contributed by atoms with E-state index in [0.29, 0.717) is 0 Å². The van der Waals surface area contributed by atoms with E-state index in [1.165, 1.54) is 0 Å². The highest BCUT2D eigenvalue weighted by atomic mass is 16.3. The number of ketones is 1. The molecule has 0 aromatic heterocycles. The second kappa shape index (κ2) is 2.85. The van der Waals surface area contributed by atoms with Crippen LogP contribution in [-0.2, 0) is 0 Å². The Morgan fingerprint density at radius 3 is 2.08 bits per heavy atom. The third-order valence-electron chi connectivity index (χ3n) is 1.59. The smallest absolute Gasteiger partial charge is 0.201 e. The van der Waals surface area contributed by atoms with Gasteiger partial charge >= 0.3 is 0 Å². The van der Waals surface area contributed by atoms with Gasteiger partial charge in [0.1, 0.15) is 11.3 Å². The number of hydrogen-bond acceptors (Lipinski definition) is 5. The van der Waals surface area contributed by atoms with Crippen LogP contribution in [0.4, 0.5) is 0 Å². The zero-order valence-electron chi connectivity index (χ0n) is 6.77. The summed E-state index contributed by atoms with van der Waals surface area (Å²) in [5, 5.41) is 36.2. The van der Waals surface area contributed by atoms with Crippen molar-refractivity contribution in [2.24, 2.45) is 0 Å². The molecule has 0 radical (unpaired) electrons. The van der Waals surface area contributed by atoms with Gasteiger partial charge in [-0.1, -0.05) is 0 Å². The maximum absolute atomic E-state index is 10.8. The summed E-state index contributed by atoms with van der Waals surface area (Å²) in [6.07, 6.45) is 0. The fraction of sp³-hybridized carbons (Fsp3) is 0.125. The highest BCUT2D eigenvalue weighted by Crippen LogP contribution is 2.42. The molecular weight excluding hydrogens is 176 g/mol. The van der Waals surface area contributed by atoms with Gasteiger partial charge in [-0.15, -0.1) is 0 Å². The molecule has 0 saturated heterocycles. The fourth-order valence-corrected chi connectivity index (χ4v) is 0.978. The zero-order chi connectivity index (χ0) is 10.2. The molecule has 0 aliphatic heterocycles. The molecule has 13 heavy (non-hydrogen) atoms. The Morgan fingerprint density at radius 2 is 1.62 bits per heavy atom. The Kier molecular flexibility index (Phi) is 2.02. The minimum absolute atomic E-state index is 0.407. The molecule has 0 heterocycles. The lowest BCUT2D eigenvalue weighted by Crippen LogP contribution is -1.93. The summed E-state index contributed by atoms with van der Waals surface area (Å²) in [6.45, 7) is 1.12. The van der Waals surface area contributed by atoms with Crippen LogP contribution in [0.25, 0.3) is 0 Å². The average Bonchev–Trinajstić information content (AvgIpc) is 1.99.